The fraction of sp³-hybridized carbons (Fsp3) is 0.333. The van der Waals surface area contributed by atoms with Crippen molar-refractivity contribution in [2.75, 3.05) is 74.0 Å². The van der Waals surface area contributed by atoms with Crippen molar-refractivity contribution < 1.29 is 23.7 Å². The minimum atomic E-state index is -0.988. The molecule has 0 unspecified atom stereocenters. The number of nitro groups is 2. The summed E-state index contributed by atoms with van der Waals surface area (Å²) >= 11 is 0. The molecule has 0 radical (unpaired) electrons. The molecule has 8 aromatic rings. The number of para-hydroxylation sites is 4. The van der Waals surface area contributed by atoms with E-state index in [0.29, 0.717) is 57.9 Å². The first-order valence-electron chi connectivity index (χ1n) is 23.2. The van der Waals surface area contributed by atoms with Gasteiger partial charge in [0.15, 0.2) is 0 Å². The summed E-state index contributed by atoms with van der Waals surface area (Å²) in [4.78, 5) is 71.2. The standard InChI is InChI=1S/C25H29N7O4.C20H16FN5O4.C6H15N/c1-28(2)12-13-29(3)20-16-22(36-5)17(14-21(20)32(34)35)15-23-26-11-10-24(27-23)31-19-9-7-6-8-18(19)30(4)25(31)33;1-24-14-5-3-4-6-15(14)25(20(24)27)19-7-8-22-18(23-19)10-12-9-16(26(28)29)13(21)11-17(12)30-2;1-4-5-6-7(2)3/h6-11,14,16H,12-13,15H2,1-5H3;3-9,11H,10H2,1-2H3;4-6H2,1-3H3. The lowest BCUT2D eigenvalue weighted by Crippen LogP contribution is -2.29. The molecule has 0 spiro atoms. The molecule has 0 fully saturated rings. The van der Waals surface area contributed by atoms with Gasteiger partial charge < -0.3 is 24.2 Å². The number of ether oxygens (including phenoxy) is 2. The van der Waals surface area contributed by atoms with Gasteiger partial charge in [-0.1, -0.05) is 37.6 Å². The van der Waals surface area contributed by atoms with Crippen molar-refractivity contribution in [3.8, 4) is 23.1 Å². The molecule has 73 heavy (non-hydrogen) atoms. The molecule has 0 aliphatic rings. The van der Waals surface area contributed by atoms with Crippen molar-refractivity contribution in [3.05, 3.63) is 167 Å². The zero-order chi connectivity index (χ0) is 53.1. The van der Waals surface area contributed by atoms with Gasteiger partial charge >= 0.3 is 17.1 Å². The minimum absolute atomic E-state index is 0.0199. The van der Waals surface area contributed by atoms with Gasteiger partial charge in [-0.25, -0.2) is 38.7 Å². The maximum Gasteiger partial charge on any atom is 0.334 e. The fourth-order valence-electron chi connectivity index (χ4n) is 7.95. The molecular formula is C51H60FN13O8. The second kappa shape index (κ2) is 24.2. The Kier molecular flexibility index (Phi) is 17.9. The number of aromatic nitrogens is 8. The van der Waals surface area contributed by atoms with Gasteiger partial charge in [-0.2, -0.15) is 4.39 Å². The Morgan fingerprint density at radius 3 is 1.47 bits per heavy atom. The summed E-state index contributed by atoms with van der Waals surface area (Å²) in [7, 11) is 16.2. The van der Waals surface area contributed by atoms with Gasteiger partial charge in [0.05, 0.1) is 46.1 Å². The van der Waals surface area contributed by atoms with Crippen LogP contribution in [-0.4, -0.2) is 127 Å². The summed E-state index contributed by atoms with van der Waals surface area (Å²) in [6, 6.07) is 23.3. The number of nitro benzene ring substituents is 2. The Balaban J connectivity index is 0.000000213. The van der Waals surface area contributed by atoms with E-state index in [2.05, 4.69) is 45.9 Å². The monoisotopic (exact) mass is 1000 g/mol. The van der Waals surface area contributed by atoms with Crippen LogP contribution in [0.2, 0.25) is 0 Å². The summed E-state index contributed by atoms with van der Waals surface area (Å²) in [6.07, 6.45) is 5.95. The molecule has 384 valence electrons. The molecule has 21 nitrogen and oxygen atoms in total. The normalized spacial score (nSPS) is 11.1. The number of fused-ring (bicyclic) bond motifs is 2. The Morgan fingerprint density at radius 2 is 1.05 bits per heavy atom. The lowest BCUT2D eigenvalue weighted by molar-refractivity contribution is -0.387. The number of aryl methyl sites for hydroxylation is 2. The third-order valence-corrected chi connectivity index (χ3v) is 11.8. The zero-order valence-corrected chi connectivity index (χ0v) is 42.6. The van der Waals surface area contributed by atoms with Crippen LogP contribution in [0.5, 0.6) is 11.5 Å². The highest BCUT2D eigenvalue weighted by Gasteiger charge is 2.24. The Bertz CT molecular complexity index is 3370. The number of hydrogen-bond acceptors (Lipinski definition) is 15. The molecule has 8 rings (SSSR count). The van der Waals surface area contributed by atoms with E-state index in [1.807, 2.05) is 79.5 Å². The van der Waals surface area contributed by atoms with Crippen molar-refractivity contribution in [1.82, 2.24) is 48.0 Å². The van der Waals surface area contributed by atoms with Crippen molar-refractivity contribution in [2.24, 2.45) is 14.1 Å². The molecule has 0 aliphatic heterocycles. The number of rotatable bonds is 17. The second-order valence-electron chi connectivity index (χ2n) is 17.5. The van der Waals surface area contributed by atoms with E-state index in [4.69, 9.17) is 9.47 Å². The largest absolute Gasteiger partial charge is 0.496 e. The molecule has 0 atom stereocenters. The van der Waals surface area contributed by atoms with Gasteiger partial charge in [0.2, 0.25) is 5.82 Å². The Labute approximate surface area is 420 Å². The molecule has 22 heteroatoms. The van der Waals surface area contributed by atoms with Gasteiger partial charge in [0.1, 0.15) is 40.5 Å². The molecule has 0 saturated heterocycles. The van der Waals surface area contributed by atoms with Gasteiger partial charge in [0.25, 0.3) is 5.69 Å². The molecule has 0 bridgehead atoms. The van der Waals surface area contributed by atoms with Crippen molar-refractivity contribution in [2.45, 2.75) is 32.6 Å². The summed E-state index contributed by atoms with van der Waals surface area (Å²) < 4.78 is 30.7. The van der Waals surface area contributed by atoms with Gasteiger partial charge in [-0.05, 0) is 77.6 Å². The van der Waals surface area contributed by atoms with E-state index in [1.54, 1.807) is 43.1 Å². The zero-order valence-electron chi connectivity index (χ0n) is 42.6. The fourth-order valence-corrected chi connectivity index (χ4v) is 7.95. The molecule has 0 N–H and O–H groups in total. The maximum atomic E-state index is 13.9. The topological polar surface area (TPSA) is 220 Å². The van der Waals surface area contributed by atoms with Crippen LogP contribution >= 0.6 is 0 Å². The molecule has 4 aromatic carbocycles. The van der Waals surface area contributed by atoms with E-state index in [0.717, 1.165) is 35.2 Å². The van der Waals surface area contributed by atoms with Crippen LogP contribution in [0.3, 0.4) is 0 Å². The molecule has 4 heterocycles. The summed E-state index contributed by atoms with van der Waals surface area (Å²) in [5, 5.41) is 23.0. The average Bonchev–Trinajstić information content (AvgIpc) is 3.79. The third-order valence-electron chi connectivity index (χ3n) is 11.8. The minimum Gasteiger partial charge on any atom is -0.496 e. The maximum absolute atomic E-state index is 13.9. The number of likely N-dealkylation sites (N-methyl/N-ethyl adjacent to an activating group) is 2. The third kappa shape index (κ3) is 12.6. The molecule has 0 saturated carbocycles. The highest BCUT2D eigenvalue weighted by atomic mass is 19.1. The Morgan fingerprint density at radius 1 is 0.616 bits per heavy atom. The number of anilines is 1. The summed E-state index contributed by atoms with van der Waals surface area (Å²) in [5.74, 6) is 1.16. The number of imidazole rings is 2. The molecular weight excluding hydrogens is 942 g/mol. The van der Waals surface area contributed by atoms with Crippen LogP contribution in [0.15, 0.2) is 107 Å². The van der Waals surface area contributed by atoms with Crippen LogP contribution in [0.1, 0.15) is 42.5 Å². The first-order valence-corrected chi connectivity index (χ1v) is 23.2. The van der Waals surface area contributed by atoms with Gasteiger partial charge in [-0.3, -0.25) is 29.4 Å². The van der Waals surface area contributed by atoms with Crippen molar-refractivity contribution in [1.29, 1.82) is 0 Å². The predicted molar refractivity (Wildman–Crippen MR) is 278 cm³/mol. The number of hydrogen-bond donors (Lipinski definition) is 0. The average molecular weight is 1000 g/mol. The highest BCUT2D eigenvalue weighted by molar-refractivity contribution is 5.78. The summed E-state index contributed by atoms with van der Waals surface area (Å²) in [6.45, 7) is 4.80. The first-order chi connectivity index (χ1) is 34.9. The van der Waals surface area contributed by atoms with E-state index in [9.17, 15) is 34.2 Å². The number of benzene rings is 4. The lowest BCUT2D eigenvalue weighted by atomic mass is 10.1. The van der Waals surface area contributed by atoms with E-state index >= 15 is 0 Å². The van der Waals surface area contributed by atoms with E-state index < -0.39 is 21.4 Å². The number of unbranched alkanes of at least 4 members (excludes halogenated alkanes) is 1. The quantitative estimate of drug-likeness (QED) is 0.0681. The lowest BCUT2D eigenvalue weighted by Gasteiger charge is -2.22. The SMILES string of the molecule is CCCCN(C)C.COc1cc(F)c([N+](=O)[O-])cc1Cc1nccc(-n2c(=O)n(C)c3ccccc32)n1.COc1cc(N(C)CCN(C)C)c([N+](=O)[O-])cc1Cc1nccc(-n2c(=O)n(C)c3ccccc32)n1. The van der Waals surface area contributed by atoms with Crippen LogP contribution in [0.4, 0.5) is 21.5 Å². The van der Waals surface area contributed by atoms with Crippen molar-refractivity contribution >= 4 is 39.1 Å². The number of halogens is 1. The molecule has 4 aromatic heterocycles. The molecule has 0 amide bonds. The van der Waals surface area contributed by atoms with Crippen molar-refractivity contribution in [3.63, 3.8) is 0 Å². The smallest absolute Gasteiger partial charge is 0.334 e. The van der Waals surface area contributed by atoms with Gasteiger partial charge in [0, 0.05) is 94.9 Å². The predicted octanol–water partition coefficient (Wildman–Crippen LogP) is 6.74. The van der Waals surface area contributed by atoms with Crippen LogP contribution in [-0.2, 0) is 26.9 Å². The van der Waals surface area contributed by atoms with Crippen LogP contribution in [0, 0.1) is 26.0 Å². The van der Waals surface area contributed by atoms with E-state index in [-0.39, 0.29) is 35.7 Å². The second-order valence-corrected chi connectivity index (χ2v) is 17.5. The van der Waals surface area contributed by atoms with E-state index in [1.165, 1.54) is 59.6 Å². The van der Waals surface area contributed by atoms with Crippen LogP contribution in [0.25, 0.3) is 33.7 Å². The summed E-state index contributed by atoms with van der Waals surface area (Å²) in [5.41, 5.74) is 3.18. The Hall–Kier alpha value is -8.37. The molecule has 0 aliphatic carbocycles. The van der Waals surface area contributed by atoms with Crippen LogP contribution < -0.4 is 25.8 Å². The highest BCUT2D eigenvalue weighted by Crippen LogP contribution is 2.36. The first kappa shape index (κ1) is 54.0. The number of methoxy groups -OCH3 is 2. The van der Waals surface area contributed by atoms with Gasteiger partial charge in [-0.15, -0.1) is 0 Å². The number of nitrogens with zero attached hydrogens (tertiary/aromatic N) is 13.